The fourth-order valence-corrected chi connectivity index (χ4v) is 2.20. The highest BCUT2D eigenvalue weighted by Gasteiger charge is 2.13. The second-order valence-electron chi connectivity index (χ2n) is 3.77. The Morgan fingerprint density at radius 2 is 2.17 bits per heavy atom. The molecule has 0 unspecified atom stereocenters. The molecule has 0 amide bonds. The fraction of sp³-hybridized carbons (Fsp3) is 0.500. The normalized spacial score (nSPS) is 11.3. The average molecular weight is 343 g/mol. The molecule has 0 N–H and O–H groups in total. The van der Waals surface area contributed by atoms with Gasteiger partial charge in [-0.15, -0.1) is 11.6 Å². The maximum atomic E-state index is 12.4. The van der Waals surface area contributed by atoms with Crippen molar-refractivity contribution in [2.24, 2.45) is 0 Å². The monoisotopic (exact) mass is 341 g/mol. The predicted octanol–water partition coefficient (Wildman–Crippen LogP) is 3.76. The number of rotatable bonds is 7. The zero-order valence-corrected chi connectivity index (χ0v) is 12.3. The molecule has 0 saturated heterocycles. The summed E-state index contributed by atoms with van der Waals surface area (Å²) < 4.78 is 30.9. The number of benzene rings is 1. The van der Waals surface area contributed by atoms with Gasteiger partial charge in [-0.2, -0.15) is 0 Å². The van der Waals surface area contributed by atoms with Crippen molar-refractivity contribution in [3.63, 3.8) is 0 Å². The summed E-state index contributed by atoms with van der Waals surface area (Å²) in [6.45, 7) is 0.556. The first-order valence-electron chi connectivity index (χ1n) is 5.45. The quantitative estimate of drug-likeness (QED) is 0.700. The van der Waals surface area contributed by atoms with Gasteiger partial charge in [-0.1, -0.05) is 15.9 Å². The minimum absolute atomic E-state index is 0.281. The Balaban J connectivity index is 2.78. The number of alkyl halides is 3. The highest BCUT2D eigenvalue weighted by atomic mass is 79.9. The molecule has 1 aromatic carbocycles. The lowest BCUT2D eigenvalue weighted by molar-refractivity contribution is 0.0877. The van der Waals surface area contributed by atoms with Crippen LogP contribution >= 0.6 is 27.5 Å². The number of methoxy groups -OCH3 is 1. The maximum Gasteiger partial charge on any atom is 0.251 e. The van der Waals surface area contributed by atoms with Crippen LogP contribution in [0.5, 0.6) is 5.75 Å². The zero-order valence-electron chi connectivity index (χ0n) is 10.0. The number of halogens is 4. The summed E-state index contributed by atoms with van der Waals surface area (Å²) in [5, 5.41) is 0. The average Bonchev–Trinajstić information content (AvgIpc) is 2.31. The number of nitrogens with zero attached hydrogens (tertiary/aromatic N) is 1. The first-order valence-corrected chi connectivity index (χ1v) is 6.78. The molecule has 0 saturated carbocycles. The van der Waals surface area contributed by atoms with Gasteiger partial charge in [-0.3, -0.25) is 4.90 Å². The van der Waals surface area contributed by atoms with E-state index in [-0.39, 0.29) is 6.54 Å². The molecule has 0 aliphatic rings. The second kappa shape index (κ2) is 7.92. The van der Waals surface area contributed by atoms with Crippen LogP contribution in [0, 0.1) is 0 Å². The van der Waals surface area contributed by atoms with Crippen LogP contribution in [0.1, 0.15) is 5.56 Å². The lowest BCUT2D eigenvalue weighted by Crippen LogP contribution is -2.30. The predicted molar refractivity (Wildman–Crippen MR) is 72.7 cm³/mol. The minimum atomic E-state index is -2.36. The van der Waals surface area contributed by atoms with Gasteiger partial charge in [-0.05, 0) is 23.8 Å². The molecule has 18 heavy (non-hydrogen) atoms. The Bertz CT molecular complexity index is 379. The van der Waals surface area contributed by atoms with Gasteiger partial charge in [0, 0.05) is 23.4 Å². The first-order chi connectivity index (χ1) is 8.56. The third-order valence-corrected chi connectivity index (χ3v) is 3.39. The van der Waals surface area contributed by atoms with Crippen molar-refractivity contribution >= 4 is 27.5 Å². The summed E-state index contributed by atoms with van der Waals surface area (Å²) in [6, 6.07) is 5.48. The Hall–Kier alpha value is -0.390. The maximum absolute atomic E-state index is 12.4. The van der Waals surface area contributed by atoms with Gasteiger partial charge in [0.15, 0.2) is 0 Å². The van der Waals surface area contributed by atoms with Crippen LogP contribution in [0.3, 0.4) is 0 Å². The molecule has 0 spiro atoms. The molecule has 0 radical (unpaired) electrons. The number of hydrogen-bond donors (Lipinski definition) is 0. The van der Waals surface area contributed by atoms with E-state index in [4.69, 9.17) is 16.3 Å². The summed E-state index contributed by atoms with van der Waals surface area (Å²) in [5.74, 6) is 1.03. The number of hydrogen-bond acceptors (Lipinski definition) is 2. The highest BCUT2D eigenvalue weighted by molar-refractivity contribution is 9.10. The highest BCUT2D eigenvalue weighted by Crippen LogP contribution is 2.24. The van der Waals surface area contributed by atoms with Gasteiger partial charge in [0.2, 0.25) is 0 Å². The van der Waals surface area contributed by atoms with E-state index >= 15 is 0 Å². The van der Waals surface area contributed by atoms with E-state index in [9.17, 15) is 8.78 Å². The van der Waals surface area contributed by atoms with E-state index < -0.39 is 6.43 Å². The van der Waals surface area contributed by atoms with Crippen molar-refractivity contribution in [3.8, 4) is 5.75 Å². The molecule has 0 bridgehead atoms. The van der Waals surface area contributed by atoms with Gasteiger partial charge in [0.25, 0.3) is 6.43 Å². The smallest absolute Gasteiger partial charge is 0.251 e. The standard InChI is InChI=1S/C12H15BrClF2NO/c1-18-10-2-3-11(13)9(6-10)7-17(5-4-14)8-12(15)16/h2-3,6,12H,4-5,7-8H2,1H3. The lowest BCUT2D eigenvalue weighted by Gasteiger charge is -2.21. The Morgan fingerprint density at radius 3 is 2.72 bits per heavy atom. The van der Waals surface area contributed by atoms with E-state index in [0.29, 0.717) is 24.7 Å². The SMILES string of the molecule is COc1ccc(Br)c(CN(CCCl)CC(F)F)c1. The van der Waals surface area contributed by atoms with Crippen molar-refractivity contribution in [3.05, 3.63) is 28.2 Å². The van der Waals surface area contributed by atoms with Gasteiger partial charge in [0.05, 0.1) is 13.7 Å². The van der Waals surface area contributed by atoms with Gasteiger partial charge in [-0.25, -0.2) is 8.78 Å². The van der Waals surface area contributed by atoms with Crippen molar-refractivity contribution in [1.29, 1.82) is 0 Å². The van der Waals surface area contributed by atoms with E-state index in [1.54, 1.807) is 12.0 Å². The van der Waals surface area contributed by atoms with E-state index in [2.05, 4.69) is 15.9 Å². The molecule has 0 aliphatic carbocycles. The first kappa shape index (κ1) is 15.7. The van der Waals surface area contributed by atoms with Crippen molar-refractivity contribution < 1.29 is 13.5 Å². The molecule has 0 aromatic heterocycles. The Morgan fingerprint density at radius 1 is 1.44 bits per heavy atom. The van der Waals surface area contributed by atoms with Crippen LogP contribution in [0.4, 0.5) is 8.78 Å². The molecule has 1 rings (SSSR count). The van der Waals surface area contributed by atoms with Crippen LogP contribution in [0.25, 0.3) is 0 Å². The van der Waals surface area contributed by atoms with Crippen molar-refractivity contribution in [2.75, 3.05) is 26.1 Å². The van der Waals surface area contributed by atoms with Crippen LogP contribution in [-0.4, -0.2) is 37.4 Å². The van der Waals surface area contributed by atoms with E-state index in [0.717, 1.165) is 10.0 Å². The molecule has 0 aliphatic heterocycles. The van der Waals surface area contributed by atoms with Gasteiger partial charge in [0.1, 0.15) is 5.75 Å². The number of ether oxygens (including phenoxy) is 1. The third kappa shape index (κ3) is 5.08. The van der Waals surface area contributed by atoms with Crippen molar-refractivity contribution in [2.45, 2.75) is 13.0 Å². The van der Waals surface area contributed by atoms with Gasteiger partial charge >= 0.3 is 0 Å². The summed E-state index contributed by atoms with van der Waals surface area (Å²) >= 11 is 9.02. The summed E-state index contributed by atoms with van der Waals surface area (Å²) in [5.41, 5.74) is 0.903. The van der Waals surface area contributed by atoms with Crippen LogP contribution in [0.15, 0.2) is 22.7 Å². The minimum Gasteiger partial charge on any atom is -0.497 e. The van der Waals surface area contributed by atoms with Crippen LogP contribution in [-0.2, 0) is 6.54 Å². The summed E-state index contributed by atoms with van der Waals surface area (Å²) in [4.78, 5) is 1.62. The van der Waals surface area contributed by atoms with E-state index in [1.807, 2.05) is 18.2 Å². The second-order valence-corrected chi connectivity index (χ2v) is 5.00. The molecule has 0 heterocycles. The van der Waals surface area contributed by atoms with Crippen LogP contribution < -0.4 is 4.74 Å². The molecule has 1 aromatic rings. The topological polar surface area (TPSA) is 12.5 Å². The molecular formula is C12H15BrClF2NO. The Kier molecular flexibility index (Phi) is 6.89. The molecule has 0 atom stereocenters. The van der Waals surface area contributed by atoms with E-state index in [1.165, 1.54) is 0 Å². The van der Waals surface area contributed by atoms with Gasteiger partial charge < -0.3 is 4.74 Å². The van der Waals surface area contributed by atoms with Crippen LogP contribution in [0.2, 0.25) is 0 Å². The zero-order chi connectivity index (χ0) is 13.5. The molecule has 102 valence electrons. The summed E-state index contributed by atoms with van der Waals surface area (Å²) in [6.07, 6.45) is -2.36. The molecular weight excluding hydrogens is 327 g/mol. The Labute approximate surface area is 119 Å². The lowest BCUT2D eigenvalue weighted by atomic mass is 10.2. The fourth-order valence-electron chi connectivity index (χ4n) is 1.59. The summed E-state index contributed by atoms with van der Waals surface area (Å²) in [7, 11) is 1.57. The third-order valence-electron chi connectivity index (χ3n) is 2.44. The molecule has 6 heteroatoms. The molecule has 2 nitrogen and oxygen atoms in total. The van der Waals surface area contributed by atoms with Crippen molar-refractivity contribution in [1.82, 2.24) is 4.90 Å². The largest absolute Gasteiger partial charge is 0.497 e. The molecule has 0 fully saturated rings.